The third-order valence-electron chi connectivity index (χ3n) is 5.47. The summed E-state index contributed by atoms with van der Waals surface area (Å²) in [4.78, 5) is 39.5. The van der Waals surface area contributed by atoms with Crippen LogP contribution in [0.15, 0.2) is 42.7 Å². The molecule has 2 aromatic rings. The van der Waals surface area contributed by atoms with Gasteiger partial charge in [0, 0.05) is 24.5 Å². The molecule has 2 amide bonds. The molecule has 1 aromatic carbocycles. The van der Waals surface area contributed by atoms with Gasteiger partial charge < -0.3 is 15.0 Å². The molecule has 152 valence electrons. The minimum absolute atomic E-state index is 0.0587. The number of rotatable bonds is 6. The van der Waals surface area contributed by atoms with Crippen molar-refractivity contribution in [1.29, 1.82) is 0 Å². The van der Waals surface area contributed by atoms with Crippen LogP contribution in [0, 0.1) is 0 Å². The number of hydrogen-bond donors (Lipinski definition) is 1. The lowest BCUT2D eigenvalue weighted by molar-refractivity contribution is -0.138. The van der Waals surface area contributed by atoms with Gasteiger partial charge in [-0.25, -0.2) is 4.68 Å². The molecule has 0 spiro atoms. The van der Waals surface area contributed by atoms with E-state index in [1.165, 1.54) is 0 Å². The van der Waals surface area contributed by atoms with Crippen molar-refractivity contribution in [2.75, 3.05) is 13.2 Å². The largest absolute Gasteiger partial charge is 0.368 e. The van der Waals surface area contributed by atoms with Crippen LogP contribution >= 0.6 is 0 Å². The number of ether oxygens (including phenoxy) is 1. The number of nitrogens with one attached hydrogen (secondary N) is 1. The maximum absolute atomic E-state index is 13.1. The zero-order valence-corrected chi connectivity index (χ0v) is 16.3. The van der Waals surface area contributed by atoms with Gasteiger partial charge in [-0.3, -0.25) is 14.4 Å². The fraction of sp³-hybridized carbons (Fsp3) is 0.429. The number of nitrogens with zero attached hydrogens (tertiary/aromatic N) is 3. The second-order valence-corrected chi connectivity index (χ2v) is 7.39. The number of amides is 2. The second-order valence-electron chi connectivity index (χ2n) is 7.39. The van der Waals surface area contributed by atoms with Crippen molar-refractivity contribution < 1.29 is 19.1 Å². The van der Waals surface area contributed by atoms with E-state index < -0.39 is 12.1 Å². The maximum atomic E-state index is 13.1. The van der Waals surface area contributed by atoms with Gasteiger partial charge in [0.2, 0.25) is 5.91 Å². The van der Waals surface area contributed by atoms with Crippen LogP contribution in [0.5, 0.6) is 0 Å². The van der Waals surface area contributed by atoms with E-state index in [-0.39, 0.29) is 30.3 Å². The van der Waals surface area contributed by atoms with Crippen LogP contribution in [-0.4, -0.2) is 63.6 Å². The Bertz CT molecular complexity index is 894. The summed E-state index contributed by atoms with van der Waals surface area (Å²) in [6.45, 7) is 2.50. The topological polar surface area (TPSA) is 93.5 Å². The van der Waals surface area contributed by atoms with E-state index in [4.69, 9.17) is 4.74 Å². The molecular formula is C21H24N4O4. The van der Waals surface area contributed by atoms with Crippen molar-refractivity contribution in [3.63, 3.8) is 0 Å². The smallest absolute Gasteiger partial charge is 0.251 e. The molecule has 8 nitrogen and oxygen atoms in total. The summed E-state index contributed by atoms with van der Waals surface area (Å²) in [5.74, 6) is -0.579. The summed E-state index contributed by atoms with van der Waals surface area (Å²) in [6, 6.07) is 7.68. The molecule has 2 saturated heterocycles. The van der Waals surface area contributed by atoms with Crippen molar-refractivity contribution >= 4 is 17.6 Å². The Hall–Kier alpha value is -3.00. The van der Waals surface area contributed by atoms with Crippen LogP contribution in [0.25, 0.3) is 5.69 Å². The number of ketones is 1. The zero-order valence-electron chi connectivity index (χ0n) is 16.3. The van der Waals surface area contributed by atoms with Crippen molar-refractivity contribution in [1.82, 2.24) is 20.0 Å². The van der Waals surface area contributed by atoms with E-state index in [2.05, 4.69) is 10.4 Å². The average Bonchev–Trinajstić information content (AvgIpc) is 3.47. The van der Waals surface area contributed by atoms with E-state index in [1.807, 2.05) is 19.2 Å². The van der Waals surface area contributed by atoms with Gasteiger partial charge in [0.05, 0.1) is 11.8 Å². The Morgan fingerprint density at radius 1 is 1.31 bits per heavy atom. The molecule has 0 aliphatic carbocycles. The Morgan fingerprint density at radius 2 is 2.10 bits per heavy atom. The molecule has 0 radical (unpaired) electrons. The van der Waals surface area contributed by atoms with E-state index in [9.17, 15) is 14.4 Å². The third-order valence-corrected chi connectivity index (χ3v) is 5.47. The van der Waals surface area contributed by atoms with Gasteiger partial charge in [0.15, 0.2) is 5.78 Å². The first-order valence-corrected chi connectivity index (χ1v) is 9.94. The summed E-state index contributed by atoms with van der Waals surface area (Å²) in [5.41, 5.74) is 1.31. The van der Waals surface area contributed by atoms with Gasteiger partial charge in [-0.1, -0.05) is 13.3 Å². The highest BCUT2D eigenvalue weighted by atomic mass is 16.5. The number of aromatic nitrogens is 2. The number of benzene rings is 1. The lowest BCUT2D eigenvalue weighted by Gasteiger charge is -2.27. The van der Waals surface area contributed by atoms with E-state index in [0.717, 1.165) is 12.1 Å². The molecule has 1 aromatic heterocycles. The number of carbonyl (C=O) groups is 3. The van der Waals surface area contributed by atoms with Gasteiger partial charge in [-0.05, 0) is 43.2 Å². The molecule has 2 fully saturated rings. The quantitative estimate of drug-likeness (QED) is 0.795. The third kappa shape index (κ3) is 3.80. The van der Waals surface area contributed by atoms with Crippen molar-refractivity contribution in [3.05, 3.63) is 48.3 Å². The van der Waals surface area contributed by atoms with Gasteiger partial charge in [-0.2, -0.15) is 5.10 Å². The fourth-order valence-electron chi connectivity index (χ4n) is 4.02. The summed E-state index contributed by atoms with van der Waals surface area (Å²) in [7, 11) is 0. The highest BCUT2D eigenvalue weighted by Gasteiger charge is 2.47. The number of fused-ring (bicyclic) bond motifs is 1. The molecule has 4 rings (SSSR count). The highest BCUT2D eigenvalue weighted by Crippen LogP contribution is 2.28. The van der Waals surface area contributed by atoms with Gasteiger partial charge in [-0.15, -0.1) is 0 Å². The zero-order chi connectivity index (χ0) is 20.4. The van der Waals surface area contributed by atoms with Crippen LogP contribution in [0.4, 0.5) is 0 Å². The molecule has 3 heterocycles. The first-order valence-electron chi connectivity index (χ1n) is 9.94. The predicted molar refractivity (Wildman–Crippen MR) is 105 cm³/mol. The summed E-state index contributed by atoms with van der Waals surface area (Å²) in [5, 5.41) is 7.02. The summed E-state index contributed by atoms with van der Waals surface area (Å²) >= 11 is 0. The molecule has 0 bridgehead atoms. The lowest BCUT2D eigenvalue weighted by atomic mass is 10.1. The maximum Gasteiger partial charge on any atom is 0.251 e. The Balaban J connectivity index is 1.45. The van der Waals surface area contributed by atoms with E-state index in [0.29, 0.717) is 24.9 Å². The standard InChI is InChI=1S/C21H24N4O4/c1-2-4-16(21(28)24-12-9-18-19(24)17(26)13-29-18)23-20(27)14-5-7-15(8-6-14)25-11-3-10-22-25/h3,5-8,10-11,16,18-19H,2,4,9,12-13H2,1H3,(H,23,27). The lowest BCUT2D eigenvalue weighted by Crippen LogP contribution is -2.52. The number of hydrogen-bond acceptors (Lipinski definition) is 5. The number of carbonyl (C=O) groups excluding carboxylic acids is 3. The van der Waals surface area contributed by atoms with Crippen molar-refractivity contribution in [3.8, 4) is 5.69 Å². The highest BCUT2D eigenvalue weighted by molar-refractivity contribution is 5.99. The Kier molecular flexibility index (Phi) is 5.44. The van der Waals surface area contributed by atoms with Crippen LogP contribution < -0.4 is 5.32 Å². The molecular weight excluding hydrogens is 372 g/mol. The van der Waals surface area contributed by atoms with E-state index in [1.54, 1.807) is 40.0 Å². The van der Waals surface area contributed by atoms with Crippen molar-refractivity contribution in [2.24, 2.45) is 0 Å². The van der Waals surface area contributed by atoms with Crippen LogP contribution in [0.2, 0.25) is 0 Å². The molecule has 1 N–H and O–H groups in total. The SMILES string of the molecule is CCCC(NC(=O)c1ccc(-n2cccn2)cc1)C(=O)N1CCC2OCC(=O)C21. The molecule has 3 unspecified atom stereocenters. The first kappa shape index (κ1) is 19.3. The van der Waals surface area contributed by atoms with Crippen LogP contribution in [0.3, 0.4) is 0 Å². The monoisotopic (exact) mass is 396 g/mol. The summed E-state index contributed by atoms with van der Waals surface area (Å²) < 4.78 is 7.17. The fourth-order valence-corrected chi connectivity index (χ4v) is 4.02. The molecule has 8 heteroatoms. The number of Topliss-reactive ketones (excluding diaryl/α,β-unsaturated/α-hetero) is 1. The average molecular weight is 396 g/mol. The van der Waals surface area contributed by atoms with Gasteiger partial charge in [0.1, 0.15) is 18.7 Å². The summed E-state index contributed by atoms with van der Waals surface area (Å²) in [6.07, 6.45) is 5.20. The number of likely N-dealkylation sites (tertiary alicyclic amines) is 1. The molecule has 2 aliphatic heterocycles. The predicted octanol–water partition coefficient (Wildman–Crippen LogP) is 1.34. The van der Waals surface area contributed by atoms with Crippen LogP contribution in [-0.2, 0) is 14.3 Å². The van der Waals surface area contributed by atoms with Gasteiger partial charge in [0.25, 0.3) is 5.91 Å². The molecule has 2 aliphatic rings. The Morgan fingerprint density at radius 3 is 2.79 bits per heavy atom. The molecule has 29 heavy (non-hydrogen) atoms. The molecule has 3 atom stereocenters. The van der Waals surface area contributed by atoms with E-state index >= 15 is 0 Å². The minimum atomic E-state index is -0.662. The minimum Gasteiger partial charge on any atom is -0.368 e. The second kappa shape index (κ2) is 8.16. The normalized spacial score (nSPS) is 21.8. The van der Waals surface area contributed by atoms with Crippen LogP contribution in [0.1, 0.15) is 36.5 Å². The van der Waals surface area contributed by atoms with Crippen molar-refractivity contribution in [2.45, 2.75) is 44.4 Å². The van der Waals surface area contributed by atoms with Gasteiger partial charge >= 0.3 is 0 Å². The Labute approximate surface area is 168 Å². The first-order chi connectivity index (χ1) is 14.1. The molecule has 0 saturated carbocycles.